The van der Waals surface area contributed by atoms with E-state index in [0.717, 1.165) is 90.3 Å². The third-order valence-corrected chi connectivity index (χ3v) is 10.6. The predicted octanol–water partition coefficient (Wildman–Crippen LogP) is 0.509. The number of hydrazine groups is 1. The average molecular weight is 692 g/mol. The van der Waals surface area contributed by atoms with Crippen molar-refractivity contribution >= 4 is 0 Å². The van der Waals surface area contributed by atoms with Gasteiger partial charge in [0.15, 0.2) is 0 Å². The smallest absolute Gasteiger partial charge is 0.271 e. The topological polar surface area (TPSA) is 229 Å². The number of ether oxygens (including phenoxy) is 2. The highest BCUT2D eigenvalue weighted by Crippen LogP contribution is 2.41. The lowest BCUT2D eigenvalue weighted by Crippen LogP contribution is -2.67. The van der Waals surface area contributed by atoms with Crippen molar-refractivity contribution in [3.05, 3.63) is 0 Å². The second-order valence-corrected chi connectivity index (χ2v) is 14.2. The Morgan fingerprint density at radius 3 is 1.96 bits per heavy atom. The zero-order valence-corrected chi connectivity index (χ0v) is 29.1. The van der Waals surface area contributed by atoms with Crippen molar-refractivity contribution in [1.82, 2.24) is 15.6 Å². The Kier molecular flexibility index (Phi) is 19.2. The summed E-state index contributed by atoms with van der Waals surface area (Å²) in [6.45, 7) is 5.77. The first-order valence-electron chi connectivity index (χ1n) is 18.6. The normalized spacial score (nSPS) is 36.0. The molecule has 4 unspecified atom stereocenters. The van der Waals surface area contributed by atoms with Crippen LogP contribution in [-0.2, 0) is 9.47 Å². The summed E-state index contributed by atoms with van der Waals surface area (Å²) in [4.78, 5) is 0.365. The van der Waals surface area contributed by atoms with Crippen molar-refractivity contribution < 1.29 is 50.4 Å². The van der Waals surface area contributed by atoms with E-state index in [9.17, 15) is 35.9 Å². The van der Waals surface area contributed by atoms with Gasteiger partial charge in [-0.1, -0.05) is 64.7 Å². The lowest BCUT2D eigenvalue weighted by molar-refractivity contribution is -0.941. The second kappa shape index (κ2) is 22.4. The van der Waals surface area contributed by atoms with Gasteiger partial charge in [-0.2, -0.15) is 0 Å². The molecule has 0 saturated carbocycles. The predicted molar refractivity (Wildman–Crippen MR) is 177 cm³/mol. The molecule has 5 aliphatic rings. The second-order valence-electron chi connectivity index (χ2n) is 14.2. The van der Waals surface area contributed by atoms with Gasteiger partial charge < -0.3 is 56.6 Å². The molecule has 11 N–H and O–H groups in total. The third kappa shape index (κ3) is 12.1. The van der Waals surface area contributed by atoms with E-state index in [0.29, 0.717) is 37.4 Å². The molecule has 0 amide bonds. The molecular formula is C33H67N6O9+. The van der Waals surface area contributed by atoms with Crippen LogP contribution in [0.4, 0.5) is 0 Å². The summed E-state index contributed by atoms with van der Waals surface area (Å²) in [5, 5.41) is 87.2. The van der Waals surface area contributed by atoms with E-state index in [1.54, 1.807) is 0 Å². The highest BCUT2D eigenvalue weighted by molar-refractivity contribution is 5.03. The van der Waals surface area contributed by atoms with Crippen LogP contribution >= 0.6 is 0 Å². The fourth-order valence-corrected chi connectivity index (χ4v) is 7.86. The fourth-order valence-electron chi connectivity index (χ4n) is 7.86. The van der Waals surface area contributed by atoms with Gasteiger partial charge >= 0.3 is 0 Å². The SMILES string of the molecule is C[C@H]1CCCCCCCCCC[C@H]2OC(CO)C([C@H]3OC(CN(CCCNCCCNCCCN)/[N+](O)=N/O)C1[C@H](O)[C@H]3O)[C@H](O)[C@H]2O. The zero-order valence-electron chi connectivity index (χ0n) is 29.1. The molecule has 0 aliphatic carbocycles. The van der Waals surface area contributed by atoms with Gasteiger partial charge in [0.05, 0.1) is 49.8 Å². The first-order chi connectivity index (χ1) is 23.2. The molecule has 0 aromatic rings. The van der Waals surface area contributed by atoms with Crippen molar-refractivity contribution in [2.24, 2.45) is 28.8 Å². The van der Waals surface area contributed by atoms with E-state index in [1.165, 1.54) is 5.01 Å². The van der Waals surface area contributed by atoms with E-state index < -0.39 is 67.3 Å². The maximum absolute atomic E-state index is 11.7. The molecule has 48 heavy (non-hydrogen) atoms. The molecule has 5 fully saturated rings. The van der Waals surface area contributed by atoms with Gasteiger partial charge in [0.25, 0.3) is 10.2 Å². The number of fused-ring (bicyclic) bond motifs is 2. The van der Waals surface area contributed by atoms with E-state index >= 15 is 0 Å². The van der Waals surface area contributed by atoms with Gasteiger partial charge in [-0.25, -0.2) is 5.21 Å². The Hall–Kier alpha value is -1.40. The Morgan fingerprint density at radius 2 is 1.33 bits per heavy atom. The lowest BCUT2D eigenvalue weighted by atomic mass is 9.72. The summed E-state index contributed by atoms with van der Waals surface area (Å²) >= 11 is 0. The quantitative estimate of drug-likeness (QED) is 0.0489. The summed E-state index contributed by atoms with van der Waals surface area (Å²) in [6.07, 6.45) is 3.28. The maximum Gasteiger partial charge on any atom is 0.271 e. The van der Waals surface area contributed by atoms with Crippen molar-refractivity contribution in [3.63, 3.8) is 0 Å². The van der Waals surface area contributed by atoms with Crippen LogP contribution in [0.5, 0.6) is 0 Å². The number of aliphatic hydroxyl groups excluding tert-OH is 5. The number of nitrogens with one attached hydrogen (secondary N) is 2. The lowest BCUT2D eigenvalue weighted by Gasteiger charge is -2.52. The summed E-state index contributed by atoms with van der Waals surface area (Å²) in [7, 11) is 0. The van der Waals surface area contributed by atoms with Gasteiger partial charge in [-0.05, 0) is 64.3 Å². The molecule has 5 rings (SSSR count). The molecule has 4 bridgehead atoms. The summed E-state index contributed by atoms with van der Waals surface area (Å²) in [5.41, 5.74) is 5.52. The highest BCUT2D eigenvalue weighted by Gasteiger charge is 2.56. The minimum Gasteiger partial charge on any atom is -0.394 e. The van der Waals surface area contributed by atoms with Crippen LogP contribution in [-0.4, -0.2) is 147 Å². The highest BCUT2D eigenvalue weighted by atomic mass is 16.6. The standard InChI is InChI=1S/C33H66N6O9/c1-23-13-8-6-4-2-3-5-7-9-14-24-29(41)31(43)28(26(22-40)47-24)33-32(44)30(42)27(23)25(48-33)21-38(39(46)37-45)20-12-19-36-18-11-17-35-16-10-15-34/h23-33,35-36,40-44,46H,2-22,34H2,1H3/p+1/t23-,24+,25?,26?,27?,28?,29-,30-,31-,32+,33+/m0/s1. The Balaban J connectivity index is 1.77. The molecule has 5 heterocycles. The number of nitrogens with zero attached hydrogens (tertiary/aromatic N) is 3. The van der Waals surface area contributed by atoms with Crippen LogP contribution in [0.2, 0.25) is 0 Å². The molecule has 0 aromatic carbocycles. The monoisotopic (exact) mass is 691 g/mol. The van der Waals surface area contributed by atoms with E-state index in [1.807, 2.05) is 6.92 Å². The van der Waals surface area contributed by atoms with Crippen LogP contribution < -0.4 is 16.4 Å². The summed E-state index contributed by atoms with van der Waals surface area (Å²) in [6, 6.07) is 0. The molecule has 15 nitrogen and oxygen atoms in total. The van der Waals surface area contributed by atoms with Gasteiger partial charge in [0, 0.05) is 11.8 Å². The molecule has 15 heteroatoms. The van der Waals surface area contributed by atoms with Crippen molar-refractivity contribution in [2.45, 2.75) is 139 Å². The number of rotatable bonds is 15. The maximum atomic E-state index is 11.7. The molecule has 282 valence electrons. The minimum atomic E-state index is -1.42. The Labute approximate surface area is 286 Å². The zero-order chi connectivity index (χ0) is 34.9. The molecule has 0 aromatic heterocycles. The molecular weight excluding hydrogens is 624 g/mol. The van der Waals surface area contributed by atoms with Crippen LogP contribution in [0.3, 0.4) is 0 Å². The van der Waals surface area contributed by atoms with Crippen LogP contribution in [0.15, 0.2) is 5.28 Å². The fraction of sp³-hybridized carbons (Fsp3) is 1.00. The van der Waals surface area contributed by atoms with Crippen molar-refractivity contribution in [2.75, 3.05) is 52.4 Å². The Bertz CT molecular complexity index is 893. The Morgan fingerprint density at radius 1 is 0.750 bits per heavy atom. The van der Waals surface area contributed by atoms with E-state index in [2.05, 4.69) is 15.9 Å². The van der Waals surface area contributed by atoms with Crippen molar-refractivity contribution in [3.8, 4) is 0 Å². The number of hydrogen-bond donors (Lipinski definition) is 10. The van der Waals surface area contributed by atoms with Crippen LogP contribution in [0.1, 0.15) is 90.4 Å². The molecule has 0 spiro atoms. The molecule has 11 atom stereocenters. The summed E-state index contributed by atoms with van der Waals surface area (Å²) in [5.74, 6) is -1.65. The van der Waals surface area contributed by atoms with Crippen LogP contribution in [0.25, 0.3) is 0 Å². The first kappa shape index (κ1) is 41.0. The minimum absolute atomic E-state index is 0.0134. The summed E-state index contributed by atoms with van der Waals surface area (Å²) < 4.78 is 12.7. The molecule has 5 aliphatic heterocycles. The number of hydrogen-bond acceptors (Lipinski definition) is 11. The van der Waals surface area contributed by atoms with Crippen LogP contribution in [0, 0.1) is 17.8 Å². The number of nitrogens with two attached hydrogens (primary N) is 1. The van der Waals surface area contributed by atoms with Gasteiger partial charge in [0.1, 0.15) is 18.8 Å². The van der Waals surface area contributed by atoms with Crippen molar-refractivity contribution in [1.29, 1.82) is 0 Å². The van der Waals surface area contributed by atoms with Gasteiger partial charge in [0.2, 0.25) is 0 Å². The largest absolute Gasteiger partial charge is 0.394 e. The van der Waals surface area contributed by atoms with E-state index in [-0.39, 0.29) is 12.5 Å². The first-order valence-corrected chi connectivity index (χ1v) is 18.6. The number of aliphatic hydroxyl groups is 5. The molecule has 5 saturated heterocycles. The van der Waals surface area contributed by atoms with E-state index in [4.69, 9.17) is 15.2 Å². The van der Waals surface area contributed by atoms with Gasteiger partial charge in [-0.15, -0.1) is 5.01 Å². The average Bonchev–Trinajstić information content (AvgIpc) is 3.08. The van der Waals surface area contributed by atoms with Gasteiger partial charge in [-0.3, -0.25) is 0 Å². The third-order valence-electron chi connectivity index (χ3n) is 10.6. The molecule has 0 radical (unpaired) electrons.